The molecule has 0 aliphatic carbocycles. The number of hydrogen-bond donors (Lipinski definition) is 1. The number of nitrogens with one attached hydrogen (secondary N) is 1. The van der Waals surface area contributed by atoms with Crippen LogP contribution >= 0.6 is 11.6 Å². The lowest BCUT2D eigenvalue weighted by Gasteiger charge is -2.20. The van der Waals surface area contributed by atoms with Gasteiger partial charge in [0.15, 0.2) is 0 Å². The zero-order valence-corrected chi connectivity index (χ0v) is 18.5. The average molecular weight is 423 g/mol. The lowest BCUT2D eigenvalue weighted by atomic mass is 10.0. The van der Waals surface area contributed by atoms with E-state index in [2.05, 4.69) is 5.32 Å². The quantitative estimate of drug-likeness (QED) is 0.721. The van der Waals surface area contributed by atoms with Gasteiger partial charge in [0.25, 0.3) is 0 Å². The first kappa shape index (κ1) is 22.4. The maximum Gasteiger partial charge on any atom is 0.243 e. The summed E-state index contributed by atoms with van der Waals surface area (Å²) in [4.78, 5) is 12.8. The van der Waals surface area contributed by atoms with Crippen LogP contribution in [-0.2, 0) is 27.7 Å². The Labute approximate surface area is 172 Å². The van der Waals surface area contributed by atoms with E-state index in [-0.39, 0.29) is 11.4 Å². The van der Waals surface area contributed by atoms with E-state index < -0.39 is 15.9 Å². The summed E-state index contributed by atoms with van der Waals surface area (Å²) >= 11 is 6.27. The molecule has 7 heteroatoms. The van der Waals surface area contributed by atoms with E-state index in [4.69, 9.17) is 11.6 Å². The van der Waals surface area contributed by atoms with Crippen molar-refractivity contribution in [3.05, 3.63) is 57.6 Å². The fourth-order valence-corrected chi connectivity index (χ4v) is 4.49. The minimum Gasteiger partial charge on any atom is -0.324 e. The molecule has 0 aliphatic heterocycles. The van der Waals surface area contributed by atoms with Crippen molar-refractivity contribution in [2.24, 2.45) is 0 Å². The van der Waals surface area contributed by atoms with E-state index in [1.54, 1.807) is 18.2 Å². The van der Waals surface area contributed by atoms with Gasteiger partial charge >= 0.3 is 0 Å². The molecule has 0 unspecified atom stereocenters. The minimum atomic E-state index is -3.76. The molecule has 0 fully saturated rings. The highest BCUT2D eigenvalue weighted by molar-refractivity contribution is 7.89. The molecule has 28 heavy (non-hydrogen) atoms. The molecule has 0 atom stereocenters. The third-order valence-electron chi connectivity index (χ3n) is 4.89. The number of hydrogen-bond acceptors (Lipinski definition) is 3. The summed E-state index contributed by atoms with van der Waals surface area (Å²) < 4.78 is 26.7. The Balaban J connectivity index is 2.23. The van der Waals surface area contributed by atoms with Gasteiger partial charge in [-0.25, -0.2) is 8.42 Å². The summed E-state index contributed by atoms with van der Waals surface area (Å²) in [5.41, 5.74) is 4.40. The predicted molar refractivity (Wildman–Crippen MR) is 115 cm³/mol. The summed E-state index contributed by atoms with van der Waals surface area (Å²) in [7, 11) is -2.35. The van der Waals surface area contributed by atoms with Gasteiger partial charge in [-0.1, -0.05) is 37.6 Å². The second-order valence-electron chi connectivity index (χ2n) is 6.82. The van der Waals surface area contributed by atoms with Crippen LogP contribution in [-0.4, -0.2) is 32.2 Å². The van der Waals surface area contributed by atoms with E-state index in [1.807, 2.05) is 39.8 Å². The zero-order valence-electron chi connectivity index (χ0n) is 17.0. The molecule has 0 saturated carbocycles. The SMILES string of the molecule is CCc1ccc(Cl)c(CC)c1NC(=O)CN(C)S(=O)(=O)c1ccc(C)c(C)c1. The van der Waals surface area contributed by atoms with Crippen molar-refractivity contribution in [1.29, 1.82) is 0 Å². The molecule has 0 radical (unpaired) electrons. The number of aryl methyl sites for hydroxylation is 3. The Morgan fingerprint density at radius 2 is 1.75 bits per heavy atom. The second-order valence-corrected chi connectivity index (χ2v) is 9.27. The summed E-state index contributed by atoms with van der Waals surface area (Å²) in [6.07, 6.45) is 1.40. The van der Waals surface area contributed by atoms with Crippen molar-refractivity contribution < 1.29 is 13.2 Å². The molecule has 1 amide bonds. The van der Waals surface area contributed by atoms with E-state index >= 15 is 0 Å². The maximum atomic E-state index is 12.8. The Bertz CT molecular complexity index is 987. The van der Waals surface area contributed by atoms with Crippen LogP contribution < -0.4 is 5.32 Å². The molecule has 2 rings (SSSR count). The fraction of sp³-hybridized carbons (Fsp3) is 0.381. The Hall–Kier alpha value is -1.89. The molecule has 0 aliphatic rings. The first-order valence-corrected chi connectivity index (χ1v) is 11.1. The first-order valence-electron chi connectivity index (χ1n) is 9.25. The smallest absolute Gasteiger partial charge is 0.243 e. The number of anilines is 1. The number of likely N-dealkylation sites (N-methyl/N-ethyl adjacent to an activating group) is 1. The molecule has 0 spiro atoms. The third kappa shape index (κ3) is 4.74. The molecular weight excluding hydrogens is 396 g/mol. The molecule has 0 saturated heterocycles. The van der Waals surface area contributed by atoms with E-state index in [0.717, 1.165) is 33.0 Å². The molecule has 152 valence electrons. The van der Waals surface area contributed by atoms with Gasteiger partial charge in [-0.15, -0.1) is 0 Å². The Morgan fingerprint density at radius 1 is 1.07 bits per heavy atom. The van der Waals surface area contributed by atoms with Gasteiger partial charge in [-0.3, -0.25) is 4.79 Å². The zero-order chi connectivity index (χ0) is 21.1. The van der Waals surface area contributed by atoms with Crippen LogP contribution in [0.4, 0.5) is 5.69 Å². The van der Waals surface area contributed by atoms with Crippen LogP contribution in [0.15, 0.2) is 35.2 Å². The van der Waals surface area contributed by atoms with Crippen LogP contribution in [0.5, 0.6) is 0 Å². The van der Waals surface area contributed by atoms with Crippen molar-refractivity contribution in [2.45, 2.75) is 45.4 Å². The standard InChI is InChI=1S/C21H27ClN2O3S/c1-6-16-9-11-19(22)18(7-2)21(16)23-20(25)13-24(5)28(26,27)17-10-8-14(3)15(4)12-17/h8-12H,6-7,13H2,1-5H3,(H,23,25). The first-order chi connectivity index (χ1) is 13.1. The third-order valence-corrected chi connectivity index (χ3v) is 7.05. The van der Waals surface area contributed by atoms with Crippen molar-refractivity contribution in [3.63, 3.8) is 0 Å². The molecule has 2 aromatic rings. The topological polar surface area (TPSA) is 66.5 Å². The predicted octanol–water partition coefficient (Wildman–Crippen LogP) is 4.34. The van der Waals surface area contributed by atoms with Crippen LogP contribution in [0.1, 0.15) is 36.1 Å². The number of amides is 1. The van der Waals surface area contributed by atoms with Gasteiger partial charge in [-0.2, -0.15) is 4.31 Å². The molecule has 0 aromatic heterocycles. The van der Waals surface area contributed by atoms with Crippen molar-refractivity contribution >= 4 is 33.2 Å². The number of benzene rings is 2. The lowest BCUT2D eigenvalue weighted by molar-refractivity contribution is -0.116. The lowest BCUT2D eigenvalue weighted by Crippen LogP contribution is -2.35. The van der Waals surface area contributed by atoms with Gasteiger partial charge in [0.05, 0.1) is 11.4 Å². The van der Waals surface area contributed by atoms with E-state index in [1.165, 1.54) is 7.05 Å². The summed E-state index contributed by atoms with van der Waals surface area (Å²) in [5.74, 6) is -0.401. The molecule has 0 bridgehead atoms. The number of nitrogens with zero attached hydrogens (tertiary/aromatic N) is 1. The van der Waals surface area contributed by atoms with Crippen molar-refractivity contribution in [2.75, 3.05) is 18.9 Å². The highest BCUT2D eigenvalue weighted by Crippen LogP contribution is 2.29. The van der Waals surface area contributed by atoms with Crippen LogP contribution in [0.3, 0.4) is 0 Å². The highest BCUT2D eigenvalue weighted by atomic mass is 35.5. The summed E-state index contributed by atoms with van der Waals surface area (Å²) in [5, 5.41) is 3.46. The van der Waals surface area contributed by atoms with Gasteiger partial charge in [0, 0.05) is 17.8 Å². The van der Waals surface area contributed by atoms with Gasteiger partial charge in [-0.05, 0) is 67.1 Å². The number of sulfonamides is 1. The van der Waals surface area contributed by atoms with Crippen LogP contribution in [0.25, 0.3) is 0 Å². The largest absolute Gasteiger partial charge is 0.324 e. The Morgan fingerprint density at radius 3 is 2.32 bits per heavy atom. The van der Waals surface area contributed by atoms with E-state index in [0.29, 0.717) is 17.1 Å². The molecule has 1 N–H and O–H groups in total. The molecule has 2 aromatic carbocycles. The van der Waals surface area contributed by atoms with Crippen LogP contribution in [0, 0.1) is 13.8 Å². The van der Waals surface area contributed by atoms with Gasteiger partial charge < -0.3 is 5.32 Å². The minimum absolute atomic E-state index is 0.178. The number of halogens is 1. The number of rotatable bonds is 7. The normalized spacial score (nSPS) is 11.7. The van der Waals surface area contributed by atoms with Gasteiger partial charge in [0.2, 0.25) is 15.9 Å². The highest BCUT2D eigenvalue weighted by Gasteiger charge is 2.24. The number of carbonyl (C=O) groups is 1. The maximum absolute atomic E-state index is 12.8. The Kier molecular flexibility index (Phi) is 7.26. The molecule has 5 nitrogen and oxygen atoms in total. The van der Waals surface area contributed by atoms with Crippen LogP contribution in [0.2, 0.25) is 5.02 Å². The van der Waals surface area contributed by atoms with Crippen molar-refractivity contribution in [3.8, 4) is 0 Å². The van der Waals surface area contributed by atoms with E-state index in [9.17, 15) is 13.2 Å². The monoisotopic (exact) mass is 422 g/mol. The average Bonchev–Trinajstić information content (AvgIpc) is 2.64. The number of carbonyl (C=O) groups excluding carboxylic acids is 1. The summed E-state index contributed by atoms with van der Waals surface area (Å²) in [6, 6.07) is 8.66. The summed E-state index contributed by atoms with van der Waals surface area (Å²) in [6.45, 7) is 7.46. The second kappa shape index (κ2) is 9.07. The van der Waals surface area contributed by atoms with Crippen molar-refractivity contribution in [1.82, 2.24) is 4.31 Å². The molecular formula is C21H27ClN2O3S. The fourth-order valence-electron chi connectivity index (χ4n) is 2.99. The molecule has 0 heterocycles. The van der Waals surface area contributed by atoms with Gasteiger partial charge in [0.1, 0.15) is 0 Å².